The molecule has 1 N–H and O–H groups in total. The first-order valence-corrected chi connectivity index (χ1v) is 8.98. The van der Waals surface area contributed by atoms with Crippen molar-refractivity contribution in [2.45, 2.75) is 20.3 Å². The number of rotatable bonds is 11. The van der Waals surface area contributed by atoms with Crippen molar-refractivity contribution in [1.82, 2.24) is 5.32 Å². The van der Waals surface area contributed by atoms with E-state index in [0.717, 1.165) is 17.7 Å². The molecule has 0 aromatic heterocycles. The van der Waals surface area contributed by atoms with E-state index < -0.39 is 0 Å². The molecule has 0 radical (unpaired) electrons. The summed E-state index contributed by atoms with van der Waals surface area (Å²) in [4.78, 5) is 12.4. The summed E-state index contributed by atoms with van der Waals surface area (Å²) in [7, 11) is 0. The number of ether oxygens (including phenoxy) is 3. The van der Waals surface area contributed by atoms with Gasteiger partial charge < -0.3 is 19.5 Å². The lowest BCUT2D eigenvalue weighted by Crippen LogP contribution is -2.26. The second-order valence-corrected chi connectivity index (χ2v) is 5.82. The largest absolute Gasteiger partial charge is 0.494 e. The fourth-order valence-corrected chi connectivity index (χ4v) is 2.40. The number of carbonyl (C=O) groups is 1. The van der Waals surface area contributed by atoms with Crippen molar-refractivity contribution in [1.29, 1.82) is 0 Å². The third-order valence-electron chi connectivity index (χ3n) is 3.69. The molecule has 0 fully saturated rings. The number of benzene rings is 2. The molecule has 1 amide bonds. The molecule has 0 unspecified atom stereocenters. The van der Waals surface area contributed by atoms with Gasteiger partial charge in [0.1, 0.15) is 18.1 Å². The summed E-state index contributed by atoms with van der Waals surface area (Å²) < 4.78 is 16.6. The number of aryl methyl sites for hydroxylation is 1. The van der Waals surface area contributed by atoms with Gasteiger partial charge in [0.2, 0.25) is 0 Å². The first kappa shape index (κ1) is 19.8. The van der Waals surface area contributed by atoms with Crippen LogP contribution in [0.2, 0.25) is 0 Å². The Balaban J connectivity index is 1.73. The first-order chi connectivity index (χ1) is 12.7. The van der Waals surface area contributed by atoms with Gasteiger partial charge in [0, 0.05) is 13.2 Å². The van der Waals surface area contributed by atoms with Crippen molar-refractivity contribution in [2.24, 2.45) is 0 Å². The molecule has 0 heterocycles. The monoisotopic (exact) mass is 357 g/mol. The number of hydrogen-bond donors (Lipinski definition) is 1. The smallest absolute Gasteiger partial charge is 0.255 e. The summed E-state index contributed by atoms with van der Waals surface area (Å²) in [5.74, 6) is 1.28. The highest BCUT2D eigenvalue weighted by atomic mass is 16.5. The normalized spacial score (nSPS) is 10.4. The zero-order valence-corrected chi connectivity index (χ0v) is 15.5. The predicted molar refractivity (Wildman–Crippen MR) is 102 cm³/mol. The third kappa shape index (κ3) is 6.76. The lowest BCUT2D eigenvalue weighted by atomic mass is 10.2. The van der Waals surface area contributed by atoms with Crippen molar-refractivity contribution in [3.05, 3.63) is 59.7 Å². The van der Waals surface area contributed by atoms with Crippen molar-refractivity contribution in [3.8, 4) is 11.5 Å². The van der Waals surface area contributed by atoms with Crippen molar-refractivity contribution in [2.75, 3.05) is 33.0 Å². The molecule has 0 aliphatic heterocycles. The number of para-hydroxylation sites is 1. The Morgan fingerprint density at radius 1 is 1.00 bits per heavy atom. The van der Waals surface area contributed by atoms with E-state index in [2.05, 4.69) is 5.32 Å². The van der Waals surface area contributed by atoms with Gasteiger partial charge in [0.05, 0.1) is 18.8 Å². The molecule has 0 saturated heterocycles. The molecular weight excluding hydrogens is 330 g/mol. The van der Waals surface area contributed by atoms with Gasteiger partial charge in [0.25, 0.3) is 5.91 Å². The maximum atomic E-state index is 12.4. The van der Waals surface area contributed by atoms with Crippen LogP contribution in [0.1, 0.15) is 29.3 Å². The molecule has 0 spiro atoms. The first-order valence-electron chi connectivity index (χ1n) is 8.98. The van der Waals surface area contributed by atoms with Crippen LogP contribution < -0.4 is 14.8 Å². The fourth-order valence-electron chi connectivity index (χ4n) is 2.40. The minimum atomic E-state index is -0.146. The van der Waals surface area contributed by atoms with Gasteiger partial charge in [-0.3, -0.25) is 4.79 Å². The highest BCUT2D eigenvalue weighted by Gasteiger charge is 2.11. The van der Waals surface area contributed by atoms with Gasteiger partial charge in [-0.2, -0.15) is 0 Å². The Hall–Kier alpha value is -2.53. The number of nitrogens with one attached hydrogen (secondary N) is 1. The zero-order valence-electron chi connectivity index (χ0n) is 15.5. The van der Waals surface area contributed by atoms with Gasteiger partial charge in [-0.05, 0) is 50.1 Å². The van der Waals surface area contributed by atoms with Crippen LogP contribution in [0.3, 0.4) is 0 Å². The van der Waals surface area contributed by atoms with Crippen molar-refractivity contribution in [3.63, 3.8) is 0 Å². The Morgan fingerprint density at radius 2 is 1.85 bits per heavy atom. The van der Waals surface area contributed by atoms with E-state index in [1.165, 1.54) is 0 Å². The Bertz CT molecular complexity index is 687. The third-order valence-corrected chi connectivity index (χ3v) is 3.69. The van der Waals surface area contributed by atoms with E-state index >= 15 is 0 Å². The quantitative estimate of drug-likeness (QED) is 0.624. The molecule has 140 valence electrons. The lowest BCUT2D eigenvalue weighted by molar-refractivity contribution is 0.0934. The Morgan fingerprint density at radius 3 is 2.65 bits per heavy atom. The summed E-state index contributed by atoms with van der Waals surface area (Å²) >= 11 is 0. The van der Waals surface area contributed by atoms with Gasteiger partial charge in [-0.15, -0.1) is 0 Å². The molecule has 0 bridgehead atoms. The highest BCUT2D eigenvalue weighted by Crippen LogP contribution is 2.17. The Labute approximate surface area is 155 Å². The topological polar surface area (TPSA) is 56.8 Å². The average molecular weight is 357 g/mol. The second-order valence-electron chi connectivity index (χ2n) is 5.82. The number of amides is 1. The molecule has 2 rings (SSSR count). The van der Waals surface area contributed by atoms with Crippen LogP contribution in [0, 0.1) is 6.92 Å². The van der Waals surface area contributed by atoms with E-state index in [1.807, 2.05) is 50.2 Å². The molecule has 5 heteroatoms. The van der Waals surface area contributed by atoms with Crippen molar-refractivity contribution >= 4 is 5.91 Å². The highest BCUT2D eigenvalue weighted by molar-refractivity contribution is 5.96. The maximum Gasteiger partial charge on any atom is 0.255 e. The van der Waals surface area contributed by atoms with E-state index in [1.54, 1.807) is 12.1 Å². The maximum absolute atomic E-state index is 12.4. The second kappa shape index (κ2) is 11.2. The zero-order chi connectivity index (χ0) is 18.6. The van der Waals surface area contributed by atoms with Crippen molar-refractivity contribution < 1.29 is 19.0 Å². The molecular formula is C21H27NO4. The molecule has 0 saturated carbocycles. The summed E-state index contributed by atoms with van der Waals surface area (Å²) in [5, 5.41) is 2.91. The van der Waals surface area contributed by atoms with Crippen LogP contribution in [-0.2, 0) is 4.74 Å². The number of hydrogen-bond acceptors (Lipinski definition) is 4. The standard InChI is InChI=1S/C21H27NO4/c1-3-24-14-15-26-20-11-5-4-10-19(20)21(23)22-12-7-13-25-18-9-6-8-17(2)16-18/h4-6,8-11,16H,3,7,12-15H2,1-2H3,(H,22,23). The molecule has 0 aliphatic carbocycles. The predicted octanol–water partition coefficient (Wildman–Crippen LogP) is 3.61. The lowest BCUT2D eigenvalue weighted by Gasteiger charge is -2.12. The minimum absolute atomic E-state index is 0.146. The van der Waals surface area contributed by atoms with Crippen LogP contribution >= 0.6 is 0 Å². The van der Waals surface area contributed by atoms with Gasteiger partial charge >= 0.3 is 0 Å². The Kier molecular flexibility index (Phi) is 8.49. The summed E-state index contributed by atoms with van der Waals surface area (Å²) in [6.07, 6.45) is 0.729. The summed E-state index contributed by atoms with van der Waals surface area (Å²) in [6.45, 7) is 6.63. The number of carbonyl (C=O) groups excluding carboxylic acids is 1. The van der Waals surface area contributed by atoms with Crippen LogP contribution in [-0.4, -0.2) is 38.9 Å². The average Bonchev–Trinajstić information content (AvgIpc) is 2.65. The van der Waals surface area contributed by atoms with Gasteiger partial charge in [0.15, 0.2) is 0 Å². The van der Waals surface area contributed by atoms with Gasteiger partial charge in [-0.1, -0.05) is 24.3 Å². The molecule has 2 aromatic rings. The van der Waals surface area contributed by atoms with Crippen LogP contribution in [0.4, 0.5) is 0 Å². The van der Waals surface area contributed by atoms with Crippen LogP contribution in [0.5, 0.6) is 11.5 Å². The molecule has 26 heavy (non-hydrogen) atoms. The SMILES string of the molecule is CCOCCOc1ccccc1C(=O)NCCCOc1cccc(C)c1. The molecule has 2 aromatic carbocycles. The van der Waals surface area contributed by atoms with E-state index in [9.17, 15) is 4.79 Å². The molecule has 5 nitrogen and oxygen atoms in total. The van der Waals surface area contributed by atoms with Crippen LogP contribution in [0.25, 0.3) is 0 Å². The summed E-state index contributed by atoms with van der Waals surface area (Å²) in [6, 6.07) is 15.1. The fraction of sp³-hybridized carbons (Fsp3) is 0.381. The molecule has 0 aliphatic rings. The minimum Gasteiger partial charge on any atom is -0.494 e. The van der Waals surface area contributed by atoms with E-state index in [4.69, 9.17) is 14.2 Å². The van der Waals surface area contributed by atoms with E-state index in [0.29, 0.717) is 44.3 Å². The van der Waals surface area contributed by atoms with Crippen LogP contribution in [0.15, 0.2) is 48.5 Å². The van der Waals surface area contributed by atoms with E-state index in [-0.39, 0.29) is 5.91 Å². The molecule has 0 atom stereocenters. The summed E-state index contributed by atoms with van der Waals surface area (Å²) in [5.41, 5.74) is 1.69. The van der Waals surface area contributed by atoms with Gasteiger partial charge in [-0.25, -0.2) is 0 Å².